The highest BCUT2D eigenvalue weighted by atomic mass is 32.2. The van der Waals surface area contributed by atoms with Gasteiger partial charge in [0.05, 0.1) is 22.8 Å². The number of hydrogen-bond acceptors (Lipinski definition) is 10. The highest BCUT2D eigenvalue weighted by Gasteiger charge is 2.14. The molecule has 13 heteroatoms. The summed E-state index contributed by atoms with van der Waals surface area (Å²) in [6.45, 7) is 2.11. The number of carboxylic acid groups (broad SMARTS) is 1. The molecule has 0 aliphatic rings. The van der Waals surface area contributed by atoms with E-state index in [-0.39, 0.29) is 13.0 Å². The van der Waals surface area contributed by atoms with Crippen molar-refractivity contribution < 1.29 is 23.6 Å². The lowest BCUT2D eigenvalue weighted by atomic mass is 10.2. The first-order valence-corrected chi connectivity index (χ1v) is 12.3. The van der Waals surface area contributed by atoms with Gasteiger partial charge in [0.25, 0.3) is 0 Å². The molecule has 1 unspecified atom stereocenters. The van der Waals surface area contributed by atoms with Gasteiger partial charge in [-0.05, 0) is 49.1 Å². The second-order valence-corrected chi connectivity index (χ2v) is 9.05. The van der Waals surface area contributed by atoms with E-state index in [1.54, 1.807) is 37.4 Å². The molecular weight excluding hydrogens is 480 g/mol. The van der Waals surface area contributed by atoms with Gasteiger partial charge in [0.15, 0.2) is 0 Å². The number of thiophene rings is 1. The monoisotopic (exact) mass is 504 g/mol. The maximum absolute atomic E-state index is 12.2. The van der Waals surface area contributed by atoms with Gasteiger partial charge >= 0.3 is 12.1 Å². The number of carbonyl (C=O) groups is 2. The van der Waals surface area contributed by atoms with E-state index >= 15 is 0 Å². The highest BCUT2D eigenvalue weighted by Crippen LogP contribution is 2.31. The van der Waals surface area contributed by atoms with E-state index in [1.807, 2.05) is 17.5 Å². The number of carbonyl (C=O) groups excluding carboxylic acids is 1. The zero-order valence-corrected chi connectivity index (χ0v) is 19.9. The van der Waals surface area contributed by atoms with E-state index in [2.05, 4.69) is 29.7 Å². The number of amides is 1. The molecule has 5 N–H and O–H groups in total. The molecule has 3 rings (SSSR count). The smallest absolute Gasteiger partial charge is 0.441 e. The Morgan fingerprint density at radius 1 is 1.29 bits per heavy atom. The first-order chi connectivity index (χ1) is 16.4. The average molecular weight is 505 g/mol. The van der Waals surface area contributed by atoms with Crippen LogP contribution in [0.1, 0.15) is 13.3 Å². The van der Waals surface area contributed by atoms with Gasteiger partial charge in [0.1, 0.15) is 11.9 Å². The summed E-state index contributed by atoms with van der Waals surface area (Å²) in [5, 5.41) is 17.1. The van der Waals surface area contributed by atoms with Gasteiger partial charge in [-0.15, -0.1) is 15.7 Å². The molecule has 0 aliphatic carbocycles. The van der Waals surface area contributed by atoms with Gasteiger partial charge in [-0.3, -0.25) is 4.79 Å². The zero-order chi connectivity index (χ0) is 24.5. The van der Waals surface area contributed by atoms with Crippen molar-refractivity contribution in [1.82, 2.24) is 9.97 Å². The maximum atomic E-state index is 12.2. The first-order valence-electron chi connectivity index (χ1n) is 10.2. The number of hydrogen-bond donors (Lipinski definition) is 5. The lowest BCUT2D eigenvalue weighted by Crippen LogP contribution is -2.32. The quantitative estimate of drug-likeness (QED) is 0.258. The predicted octanol–water partition coefficient (Wildman–Crippen LogP) is 3.34. The van der Waals surface area contributed by atoms with E-state index in [0.29, 0.717) is 28.9 Å². The molecular formula is C21H24N6O5S2. The largest absolute Gasteiger partial charge is 0.480 e. The molecule has 2 heterocycles. The molecule has 0 fully saturated rings. The molecule has 0 saturated heterocycles. The summed E-state index contributed by atoms with van der Waals surface area (Å²) < 4.78 is 20.3. The van der Waals surface area contributed by atoms with Crippen molar-refractivity contribution in [3.63, 3.8) is 0 Å². The highest BCUT2D eigenvalue weighted by molar-refractivity contribution is 7.75. The van der Waals surface area contributed by atoms with E-state index < -0.39 is 28.7 Å². The molecule has 34 heavy (non-hydrogen) atoms. The van der Waals surface area contributed by atoms with Gasteiger partial charge < -0.3 is 26.2 Å². The van der Waals surface area contributed by atoms with Crippen LogP contribution in [0.15, 0.2) is 57.2 Å². The minimum absolute atomic E-state index is 0.156. The molecule has 180 valence electrons. The Labute approximate surface area is 201 Å². The number of anilines is 3. The van der Waals surface area contributed by atoms with Crippen LogP contribution in [0.5, 0.6) is 0 Å². The Bertz CT molecular complexity index is 1210. The number of nitrogens with two attached hydrogens (primary N) is 1. The molecule has 2 aromatic heterocycles. The Morgan fingerprint density at radius 2 is 2.06 bits per heavy atom. The minimum Gasteiger partial charge on any atom is -0.480 e. The Hall–Kier alpha value is -3.55. The maximum Gasteiger partial charge on any atom is 0.441 e. The van der Waals surface area contributed by atoms with Crippen molar-refractivity contribution in [2.24, 2.45) is 10.1 Å². The third kappa shape index (κ3) is 6.97. The van der Waals surface area contributed by atoms with Gasteiger partial charge in [-0.25, -0.2) is 14.0 Å². The summed E-state index contributed by atoms with van der Waals surface area (Å²) in [6, 6.07) is 9.37. The van der Waals surface area contributed by atoms with E-state index in [1.165, 1.54) is 11.3 Å². The topological polar surface area (TPSA) is 169 Å². The van der Waals surface area contributed by atoms with Crippen LogP contribution in [0.3, 0.4) is 0 Å². The first kappa shape index (κ1) is 25.1. The van der Waals surface area contributed by atoms with E-state index in [4.69, 9.17) is 10.8 Å². The van der Waals surface area contributed by atoms with E-state index in [9.17, 15) is 13.8 Å². The fourth-order valence-corrected chi connectivity index (χ4v) is 4.21. The Kier molecular flexibility index (Phi) is 8.90. The van der Waals surface area contributed by atoms with E-state index in [0.717, 1.165) is 10.4 Å². The van der Waals surface area contributed by atoms with Crippen LogP contribution in [0.25, 0.3) is 10.4 Å². The van der Waals surface area contributed by atoms with Crippen molar-refractivity contribution in [1.29, 1.82) is 0 Å². The predicted molar refractivity (Wildman–Crippen MR) is 131 cm³/mol. The number of rotatable bonds is 10. The van der Waals surface area contributed by atoms with Crippen LogP contribution in [-0.2, 0) is 20.1 Å². The number of aliphatic carboxylic acids is 1. The van der Waals surface area contributed by atoms with Crippen LogP contribution in [0, 0.1) is 0 Å². The third-order valence-electron chi connectivity index (χ3n) is 4.42. The molecule has 1 amide bonds. The number of thiol groups is 1. The SMILES string of the molecule is CCOC(=O)N=[SH](=O)c1ccc(Nc2ncc(-c3cccs3)c(NCC[C@H](N)C(=O)O)n2)cc1. The molecule has 0 bridgehead atoms. The van der Waals surface area contributed by atoms with Crippen molar-refractivity contribution in [3.8, 4) is 10.4 Å². The number of nitrogens with zero attached hydrogens (tertiary/aromatic N) is 3. The van der Waals surface area contributed by atoms with Crippen molar-refractivity contribution in [3.05, 3.63) is 48.0 Å². The molecule has 0 spiro atoms. The van der Waals surface area contributed by atoms with Crippen LogP contribution in [-0.4, -0.2) is 50.5 Å². The Morgan fingerprint density at radius 3 is 2.71 bits per heavy atom. The summed E-state index contributed by atoms with van der Waals surface area (Å²) in [6.07, 6.45) is 1.03. The van der Waals surface area contributed by atoms with Gasteiger partial charge in [0, 0.05) is 28.2 Å². The molecule has 0 aliphatic heterocycles. The van der Waals surface area contributed by atoms with Crippen LogP contribution in [0.2, 0.25) is 0 Å². The Balaban J connectivity index is 1.76. The fraction of sp³-hybridized carbons (Fsp3) is 0.238. The number of benzene rings is 1. The summed E-state index contributed by atoms with van der Waals surface area (Å²) in [7, 11) is -2.27. The van der Waals surface area contributed by atoms with Crippen molar-refractivity contribution in [2.45, 2.75) is 24.3 Å². The van der Waals surface area contributed by atoms with Gasteiger partial charge in [-0.2, -0.15) is 4.98 Å². The van der Waals surface area contributed by atoms with Crippen molar-refractivity contribution in [2.75, 3.05) is 23.8 Å². The number of carboxylic acids is 1. The van der Waals surface area contributed by atoms with Gasteiger partial charge in [0.2, 0.25) is 5.95 Å². The second-order valence-electron chi connectivity index (χ2n) is 6.84. The molecule has 0 radical (unpaired) electrons. The van der Waals surface area contributed by atoms with Crippen molar-refractivity contribution >= 4 is 51.4 Å². The zero-order valence-electron chi connectivity index (χ0n) is 18.2. The summed E-state index contributed by atoms with van der Waals surface area (Å²) >= 11 is 1.53. The molecule has 11 nitrogen and oxygen atoms in total. The number of ether oxygens (including phenoxy) is 1. The summed E-state index contributed by atoms with van der Waals surface area (Å²) in [4.78, 5) is 32.6. The van der Waals surface area contributed by atoms with Crippen LogP contribution in [0.4, 0.5) is 22.2 Å². The average Bonchev–Trinajstić information content (AvgIpc) is 3.34. The number of aromatic nitrogens is 2. The van der Waals surface area contributed by atoms with Gasteiger partial charge in [-0.1, -0.05) is 6.07 Å². The number of nitrogens with one attached hydrogen (secondary N) is 2. The lowest BCUT2D eigenvalue weighted by Gasteiger charge is -2.13. The summed E-state index contributed by atoms with van der Waals surface area (Å²) in [5.41, 5.74) is 6.99. The lowest BCUT2D eigenvalue weighted by molar-refractivity contribution is -0.138. The molecule has 0 saturated carbocycles. The minimum atomic E-state index is -2.27. The van der Waals surface area contributed by atoms with Crippen LogP contribution < -0.4 is 16.4 Å². The van der Waals surface area contributed by atoms with Crippen LogP contribution >= 0.6 is 11.3 Å². The summed E-state index contributed by atoms with van der Waals surface area (Å²) in [5.74, 6) is -0.227. The normalized spacial score (nSPS) is 12.6. The molecule has 1 aromatic carbocycles. The third-order valence-corrected chi connectivity index (χ3v) is 6.41. The standard InChI is InChI=1S/C21H24N6O5S2/c1-2-32-21(30)27-34(31)14-7-5-13(6-8-14)25-20-24-12-15(17-4-3-11-33-17)18(26-20)23-10-9-16(22)19(28)29/h3-8,11-12,16,34H,2,9-10,22H2,1H3,(H,28,29)(H2,23,24,25,26)/t16-/m0/s1. The molecule has 2 atom stereocenters. The molecule has 3 aromatic rings. The fourth-order valence-electron chi connectivity index (χ4n) is 2.74. The second kappa shape index (κ2) is 12.1.